The topological polar surface area (TPSA) is 64.3 Å². The fraction of sp³-hybridized carbons (Fsp3) is 0.316. The Labute approximate surface area is 136 Å². The number of nitrogens with one attached hydrogen (secondary N) is 1. The van der Waals surface area contributed by atoms with Crippen LogP contribution in [0.2, 0.25) is 0 Å². The lowest BCUT2D eigenvalue weighted by Crippen LogP contribution is -2.41. The number of hydrogen-bond donors (Lipinski definition) is 2. The summed E-state index contributed by atoms with van der Waals surface area (Å²) in [7, 11) is 0. The van der Waals surface area contributed by atoms with Crippen LogP contribution in [0, 0.1) is 6.92 Å². The van der Waals surface area contributed by atoms with Crippen molar-refractivity contribution in [1.82, 2.24) is 5.32 Å². The molecule has 1 aliphatic rings. The number of nitrogen functional groups attached to an aromatic ring is 1. The summed E-state index contributed by atoms with van der Waals surface area (Å²) in [4.78, 5) is 12.6. The van der Waals surface area contributed by atoms with Crippen LogP contribution in [0.1, 0.15) is 47.8 Å². The van der Waals surface area contributed by atoms with Crippen LogP contribution in [-0.2, 0) is 0 Å². The van der Waals surface area contributed by atoms with Gasteiger partial charge in [0.2, 0.25) is 0 Å². The Morgan fingerprint density at radius 1 is 1.26 bits per heavy atom. The number of anilines is 1. The van der Waals surface area contributed by atoms with Gasteiger partial charge in [-0.05, 0) is 51.1 Å². The van der Waals surface area contributed by atoms with E-state index in [2.05, 4.69) is 5.32 Å². The lowest BCUT2D eigenvalue weighted by atomic mass is 9.89. The van der Waals surface area contributed by atoms with Crippen LogP contribution < -0.4 is 15.8 Å². The Bertz CT molecular complexity index is 753. The van der Waals surface area contributed by atoms with E-state index in [4.69, 9.17) is 10.5 Å². The first kappa shape index (κ1) is 15.4. The normalized spacial score (nSPS) is 18.7. The van der Waals surface area contributed by atoms with E-state index < -0.39 is 0 Å². The molecule has 0 bridgehead atoms. The standard InChI is InChI=1S/C19H22N2O2/c1-12-5-4-6-13(9-12)18(22)21-16-11-19(2,3)23-17-8-7-14(20)10-15(16)17/h4-10,16H,11,20H2,1-3H3,(H,21,22). The zero-order valence-corrected chi connectivity index (χ0v) is 13.7. The molecule has 1 heterocycles. The van der Waals surface area contributed by atoms with Gasteiger partial charge in [0.15, 0.2) is 0 Å². The number of carbonyl (C=O) groups is 1. The SMILES string of the molecule is Cc1cccc(C(=O)NC2CC(C)(C)Oc3ccc(N)cc32)c1. The molecule has 120 valence electrons. The Hall–Kier alpha value is -2.49. The summed E-state index contributed by atoms with van der Waals surface area (Å²) in [6.45, 7) is 6.03. The van der Waals surface area contributed by atoms with Crippen LogP contribution in [0.5, 0.6) is 5.75 Å². The quantitative estimate of drug-likeness (QED) is 0.833. The molecule has 1 atom stereocenters. The summed E-state index contributed by atoms with van der Waals surface area (Å²) in [6, 6.07) is 13.0. The molecule has 4 nitrogen and oxygen atoms in total. The third-order valence-electron chi connectivity index (χ3n) is 4.08. The first-order chi connectivity index (χ1) is 10.8. The average Bonchev–Trinajstić information content (AvgIpc) is 2.47. The second-order valence-electron chi connectivity index (χ2n) is 6.76. The molecule has 0 aliphatic carbocycles. The van der Waals surface area contributed by atoms with Crippen LogP contribution in [0.25, 0.3) is 0 Å². The Morgan fingerprint density at radius 3 is 2.78 bits per heavy atom. The van der Waals surface area contributed by atoms with E-state index >= 15 is 0 Å². The van der Waals surface area contributed by atoms with E-state index in [-0.39, 0.29) is 17.6 Å². The average molecular weight is 310 g/mol. The number of aryl methyl sites for hydroxylation is 1. The van der Waals surface area contributed by atoms with E-state index in [9.17, 15) is 4.79 Å². The van der Waals surface area contributed by atoms with Crippen LogP contribution in [0.3, 0.4) is 0 Å². The van der Waals surface area contributed by atoms with E-state index in [0.29, 0.717) is 17.7 Å². The van der Waals surface area contributed by atoms with E-state index in [0.717, 1.165) is 16.9 Å². The molecule has 1 amide bonds. The third kappa shape index (κ3) is 3.31. The van der Waals surface area contributed by atoms with Crippen molar-refractivity contribution in [1.29, 1.82) is 0 Å². The fourth-order valence-corrected chi connectivity index (χ4v) is 3.03. The molecule has 3 N–H and O–H groups in total. The van der Waals surface area contributed by atoms with Crippen LogP contribution >= 0.6 is 0 Å². The highest BCUT2D eigenvalue weighted by Crippen LogP contribution is 2.40. The lowest BCUT2D eigenvalue weighted by molar-refractivity contribution is 0.0620. The monoisotopic (exact) mass is 310 g/mol. The maximum absolute atomic E-state index is 12.6. The number of nitrogens with two attached hydrogens (primary N) is 1. The molecule has 0 fully saturated rings. The summed E-state index contributed by atoms with van der Waals surface area (Å²) in [5, 5.41) is 3.13. The summed E-state index contributed by atoms with van der Waals surface area (Å²) in [6.07, 6.45) is 0.695. The van der Waals surface area contributed by atoms with Gasteiger partial charge < -0.3 is 15.8 Å². The van der Waals surface area contributed by atoms with Gasteiger partial charge in [0, 0.05) is 23.2 Å². The summed E-state index contributed by atoms with van der Waals surface area (Å²) >= 11 is 0. The largest absolute Gasteiger partial charge is 0.487 e. The Morgan fingerprint density at radius 2 is 2.04 bits per heavy atom. The van der Waals surface area contributed by atoms with Crippen LogP contribution in [0.4, 0.5) is 5.69 Å². The Kier molecular flexibility index (Phi) is 3.76. The molecular formula is C19H22N2O2. The first-order valence-electron chi connectivity index (χ1n) is 7.80. The fourth-order valence-electron chi connectivity index (χ4n) is 3.03. The number of benzene rings is 2. The van der Waals surface area contributed by atoms with Crippen LogP contribution in [0.15, 0.2) is 42.5 Å². The predicted molar refractivity (Wildman–Crippen MR) is 91.6 cm³/mol. The number of fused-ring (bicyclic) bond motifs is 1. The molecule has 0 saturated carbocycles. The highest BCUT2D eigenvalue weighted by molar-refractivity contribution is 5.94. The lowest BCUT2D eigenvalue weighted by Gasteiger charge is -2.38. The van der Waals surface area contributed by atoms with E-state index in [1.807, 2.05) is 63.2 Å². The molecule has 0 aromatic heterocycles. The summed E-state index contributed by atoms with van der Waals surface area (Å²) in [5.41, 5.74) is 8.90. The zero-order chi connectivity index (χ0) is 16.6. The van der Waals surface area contributed by atoms with Crippen molar-refractivity contribution in [2.24, 2.45) is 0 Å². The zero-order valence-electron chi connectivity index (χ0n) is 13.7. The number of rotatable bonds is 2. The molecule has 0 saturated heterocycles. The first-order valence-corrected chi connectivity index (χ1v) is 7.80. The van der Waals surface area contributed by atoms with Crippen molar-refractivity contribution in [2.45, 2.75) is 38.8 Å². The molecular weight excluding hydrogens is 288 g/mol. The highest BCUT2D eigenvalue weighted by atomic mass is 16.5. The van der Waals surface area contributed by atoms with Gasteiger partial charge in [-0.3, -0.25) is 4.79 Å². The maximum Gasteiger partial charge on any atom is 0.251 e. The van der Waals surface area contributed by atoms with Crippen molar-refractivity contribution < 1.29 is 9.53 Å². The molecule has 3 rings (SSSR count). The van der Waals surface area contributed by atoms with Crippen molar-refractivity contribution in [3.63, 3.8) is 0 Å². The molecule has 2 aromatic rings. The van der Waals surface area contributed by atoms with Crippen LogP contribution in [-0.4, -0.2) is 11.5 Å². The number of ether oxygens (including phenoxy) is 1. The highest BCUT2D eigenvalue weighted by Gasteiger charge is 2.34. The smallest absolute Gasteiger partial charge is 0.251 e. The molecule has 0 spiro atoms. The number of carbonyl (C=O) groups excluding carboxylic acids is 1. The van der Waals surface area contributed by atoms with Gasteiger partial charge in [-0.25, -0.2) is 0 Å². The minimum Gasteiger partial charge on any atom is -0.487 e. The van der Waals surface area contributed by atoms with Gasteiger partial charge in [0.1, 0.15) is 11.4 Å². The van der Waals surface area contributed by atoms with Gasteiger partial charge in [-0.15, -0.1) is 0 Å². The summed E-state index contributed by atoms with van der Waals surface area (Å²) in [5.74, 6) is 0.703. The van der Waals surface area contributed by atoms with E-state index in [1.54, 1.807) is 0 Å². The molecule has 1 unspecified atom stereocenters. The molecule has 4 heteroatoms. The Balaban J connectivity index is 1.90. The van der Waals surface area contributed by atoms with Gasteiger partial charge in [-0.2, -0.15) is 0 Å². The molecule has 2 aromatic carbocycles. The van der Waals surface area contributed by atoms with E-state index in [1.165, 1.54) is 0 Å². The van der Waals surface area contributed by atoms with Crippen molar-refractivity contribution in [3.8, 4) is 5.75 Å². The molecule has 0 radical (unpaired) electrons. The predicted octanol–water partition coefficient (Wildman–Crippen LogP) is 3.61. The van der Waals surface area contributed by atoms with Crippen molar-refractivity contribution >= 4 is 11.6 Å². The summed E-state index contributed by atoms with van der Waals surface area (Å²) < 4.78 is 6.00. The van der Waals surface area contributed by atoms with Gasteiger partial charge in [-0.1, -0.05) is 17.7 Å². The van der Waals surface area contributed by atoms with Gasteiger partial charge >= 0.3 is 0 Å². The number of amides is 1. The third-order valence-corrected chi connectivity index (χ3v) is 4.08. The van der Waals surface area contributed by atoms with Crippen molar-refractivity contribution in [2.75, 3.05) is 5.73 Å². The molecule has 23 heavy (non-hydrogen) atoms. The van der Waals surface area contributed by atoms with Crippen molar-refractivity contribution in [3.05, 3.63) is 59.2 Å². The molecule has 1 aliphatic heterocycles. The minimum absolute atomic E-state index is 0.0789. The maximum atomic E-state index is 12.6. The second kappa shape index (κ2) is 5.61. The van der Waals surface area contributed by atoms with Gasteiger partial charge in [0.05, 0.1) is 6.04 Å². The van der Waals surface area contributed by atoms with Gasteiger partial charge in [0.25, 0.3) is 5.91 Å². The second-order valence-corrected chi connectivity index (χ2v) is 6.76. The number of hydrogen-bond acceptors (Lipinski definition) is 3. The minimum atomic E-state index is -0.340.